The summed E-state index contributed by atoms with van der Waals surface area (Å²) in [5.74, 6) is 0.354. The van der Waals surface area contributed by atoms with Crippen molar-refractivity contribution >= 4 is 33.1 Å². The lowest BCUT2D eigenvalue weighted by molar-refractivity contribution is -0.163. The maximum absolute atomic E-state index is 11.2. The van der Waals surface area contributed by atoms with Gasteiger partial charge < -0.3 is 0 Å². The second-order valence-corrected chi connectivity index (χ2v) is 10.9. The van der Waals surface area contributed by atoms with E-state index in [0.29, 0.717) is 23.9 Å². The molecule has 1 heterocycles. The van der Waals surface area contributed by atoms with Crippen LogP contribution >= 0.6 is 0 Å². The van der Waals surface area contributed by atoms with Gasteiger partial charge in [-0.2, -0.15) is 18.6 Å². The first-order valence-corrected chi connectivity index (χ1v) is 13.1. The van der Waals surface area contributed by atoms with Crippen LogP contribution in [0.1, 0.15) is 25.0 Å². The highest BCUT2D eigenvalue weighted by atomic mass is 32.2. The molecule has 0 aromatic heterocycles. The third-order valence-corrected chi connectivity index (χ3v) is 6.94. The normalized spacial score (nSPS) is 16.4. The maximum atomic E-state index is 11.2. The van der Waals surface area contributed by atoms with Gasteiger partial charge in [0.2, 0.25) is 5.96 Å². The molecule has 4 rings (SSSR count). The van der Waals surface area contributed by atoms with E-state index in [1.54, 1.807) is 0 Å². The minimum Gasteiger partial charge on any atom is -0.290 e. The van der Waals surface area contributed by atoms with Crippen LogP contribution in [0.4, 0.5) is 17.1 Å². The van der Waals surface area contributed by atoms with Gasteiger partial charge in [-0.1, -0.05) is 29.8 Å². The third kappa shape index (κ3) is 5.54. The van der Waals surface area contributed by atoms with E-state index in [1.165, 1.54) is 29.8 Å². The van der Waals surface area contributed by atoms with Gasteiger partial charge in [0.05, 0.1) is 22.8 Å². The largest absolute Gasteiger partial charge is 0.294 e. The molecule has 0 radical (unpaired) electrons. The van der Waals surface area contributed by atoms with Crippen LogP contribution < -0.4 is 4.90 Å². The Morgan fingerprint density at radius 2 is 1.41 bits per heavy atom. The quantitative estimate of drug-likeness (QED) is 0.318. The summed E-state index contributed by atoms with van der Waals surface area (Å²) in [6.07, 6.45) is 0. The summed E-state index contributed by atoms with van der Waals surface area (Å²) >= 11 is 0. The summed E-state index contributed by atoms with van der Waals surface area (Å²) in [4.78, 5) is 1.77. The first-order valence-electron chi connectivity index (χ1n) is 11.7. The molecule has 1 saturated heterocycles. The van der Waals surface area contributed by atoms with E-state index < -0.39 is 15.8 Å². The number of hydrogen-bond donors (Lipinski definition) is 2. The molecule has 11 heteroatoms. The number of aryl methyl sites for hydroxylation is 1. The number of nitrogens with zero attached hydrogens (tertiary/aromatic N) is 6. The van der Waals surface area contributed by atoms with Crippen molar-refractivity contribution in [1.29, 1.82) is 5.41 Å². The number of anilines is 1. The predicted molar refractivity (Wildman–Crippen MR) is 143 cm³/mol. The molecule has 0 saturated carbocycles. The van der Waals surface area contributed by atoms with E-state index in [0.717, 1.165) is 11.3 Å². The monoisotopic (exact) mass is 521 g/mol. The van der Waals surface area contributed by atoms with Crippen LogP contribution in [0.25, 0.3) is 0 Å². The Labute approximate surface area is 217 Å². The zero-order valence-electron chi connectivity index (χ0n) is 21.5. The molecule has 3 aromatic rings. The third-order valence-electron chi connectivity index (χ3n) is 6.08. The Morgan fingerprint density at radius 3 is 1.89 bits per heavy atom. The first-order chi connectivity index (χ1) is 17.4. The number of azo groups is 1. The molecular weight excluding hydrogens is 490 g/mol. The molecule has 0 aliphatic carbocycles. The van der Waals surface area contributed by atoms with E-state index >= 15 is 0 Å². The summed E-state index contributed by atoms with van der Waals surface area (Å²) in [7, 11) is -0.321. The molecule has 37 heavy (non-hydrogen) atoms. The number of guanidine groups is 1. The summed E-state index contributed by atoms with van der Waals surface area (Å²) in [5.41, 5.74) is 3.65. The summed E-state index contributed by atoms with van der Waals surface area (Å²) in [6.45, 7) is 6.75. The average Bonchev–Trinajstić information content (AvgIpc) is 3.03. The summed E-state index contributed by atoms with van der Waals surface area (Å²) < 4.78 is 31.5. The van der Waals surface area contributed by atoms with Crippen molar-refractivity contribution in [2.24, 2.45) is 10.2 Å². The van der Waals surface area contributed by atoms with Crippen LogP contribution in [-0.4, -0.2) is 53.8 Å². The highest BCUT2D eigenvalue weighted by molar-refractivity contribution is 7.85. The van der Waals surface area contributed by atoms with E-state index in [2.05, 4.69) is 60.4 Å². The second-order valence-electron chi connectivity index (χ2n) is 9.52. The van der Waals surface area contributed by atoms with Crippen LogP contribution in [0, 0.1) is 12.3 Å². The molecule has 1 aliphatic rings. The number of benzene rings is 3. The van der Waals surface area contributed by atoms with E-state index in [1.807, 2.05) is 53.3 Å². The molecule has 0 bridgehead atoms. The summed E-state index contributed by atoms with van der Waals surface area (Å²) in [6, 6.07) is 21.2. The van der Waals surface area contributed by atoms with Crippen molar-refractivity contribution in [1.82, 2.24) is 15.1 Å². The van der Waals surface area contributed by atoms with E-state index in [4.69, 9.17) is 9.96 Å². The average molecular weight is 522 g/mol. The van der Waals surface area contributed by atoms with Crippen molar-refractivity contribution in [2.45, 2.75) is 37.9 Å². The van der Waals surface area contributed by atoms with Crippen molar-refractivity contribution in [3.05, 3.63) is 83.9 Å². The van der Waals surface area contributed by atoms with Crippen molar-refractivity contribution in [3.8, 4) is 0 Å². The van der Waals surface area contributed by atoms with Gasteiger partial charge in [0.25, 0.3) is 10.1 Å². The number of hydrogen-bond acceptors (Lipinski definition) is 7. The number of nitrogens with one attached hydrogen (secondary N) is 1. The lowest BCUT2D eigenvalue weighted by Gasteiger charge is -2.41. The Balaban J connectivity index is 1.56. The maximum Gasteiger partial charge on any atom is 0.294 e. The van der Waals surface area contributed by atoms with Gasteiger partial charge in [0, 0.05) is 19.8 Å². The molecule has 0 spiro atoms. The van der Waals surface area contributed by atoms with Crippen molar-refractivity contribution < 1.29 is 13.0 Å². The molecule has 2 N–H and O–H groups in total. The topological polar surface area (TPSA) is 116 Å². The minimum atomic E-state index is -4.25. The Hall–Kier alpha value is -3.64. The fourth-order valence-electron chi connectivity index (χ4n) is 4.47. The molecule has 10 nitrogen and oxygen atoms in total. The standard InChI is InChI=1S/C26H31N7O3S/c1-19-6-8-20(9-7-19)18-31-25(27)32(26(2,3)33(31)30(4)5)23-14-10-21(11-15-23)28-29-22-12-16-24(17-13-22)37(34,35)36/h6-17,27H,18H2,1-5H3,(H,34,35,36). The molecule has 1 fully saturated rings. The molecule has 0 atom stereocenters. The lowest BCUT2D eigenvalue weighted by atomic mass is 10.1. The Morgan fingerprint density at radius 1 is 0.892 bits per heavy atom. The van der Waals surface area contributed by atoms with Crippen LogP contribution in [0.5, 0.6) is 0 Å². The SMILES string of the molecule is Cc1ccc(CN2C(=N)N(c3ccc(N=Nc4ccc(S(=O)(=O)O)cc4)cc3)C(C)(C)N2N(C)C)cc1. The number of hydrazine groups is 2. The minimum absolute atomic E-state index is 0.199. The first kappa shape index (κ1) is 26.4. The smallest absolute Gasteiger partial charge is 0.290 e. The van der Waals surface area contributed by atoms with Gasteiger partial charge in [0.15, 0.2) is 0 Å². The van der Waals surface area contributed by atoms with Gasteiger partial charge in [-0.25, -0.2) is 5.01 Å². The molecule has 0 unspecified atom stereocenters. The zero-order valence-corrected chi connectivity index (χ0v) is 22.3. The fraction of sp³-hybridized carbons (Fsp3) is 0.269. The van der Waals surface area contributed by atoms with Crippen LogP contribution in [0.15, 0.2) is 87.9 Å². The second kappa shape index (κ2) is 10.0. The van der Waals surface area contributed by atoms with Crippen LogP contribution in [0.3, 0.4) is 0 Å². The van der Waals surface area contributed by atoms with Gasteiger partial charge in [-0.3, -0.25) is 19.9 Å². The molecule has 3 aromatic carbocycles. The van der Waals surface area contributed by atoms with Crippen LogP contribution in [0.2, 0.25) is 0 Å². The Bertz CT molecular complexity index is 1400. The molecule has 0 amide bonds. The molecular formula is C26H31N7O3S. The van der Waals surface area contributed by atoms with Crippen LogP contribution in [-0.2, 0) is 16.7 Å². The van der Waals surface area contributed by atoms with E-state index in [9.17, 15) is 8.42 Å². The van der Waals surface area contributed by atoms with Gasteiger partial charge in [-0.15, -0.1) is 5.12 Å². The predicted octanol–water partition coefficient (Wildman–Crippen LogP) is 5.34. The fourth-order valence-corrected chi connectivity index (χ4v) is 4.95. The zero-order chi connectivity index (χ0) is 27.0. The highest BCUT2D eigenvalue weighted by Gasteiger charge is 2.49. The van der Waals surface area contributed by atoms with E-state index in [-0.39, 0.29) is 4.90 Å². The highest BCUT2D eigenvalue weighted by Crippen LogP contribution is 2.37. The van der Waals surface area contributed by atoms with Gasteiger partial charge in [-0.05, 0) is 74.9 Å². The van der Waals surface area contributed by atoms with Crippen molar-refractivity contribution in [2.75, 3.05) is 19.0 Å². The lowest BCUT2D eigenvalue weighted by Crippen LogP contribution is -2.56. The van der Waals surface area contributed by atoms with Gasteiger partial charge >= 0.3 is 0 Å². The molecule has 1 aliphatic heterocycles. The Kier molecular flexibility index (Phi) is 7.16. The van der Waals surface area contributed by atoms with Gasteiger partial charge in [0.1, 0.15) is 5.66 Å². The summed E-state index contributed by atoms with van der Waals surface area (Å²) in [5, 5.41) is 23.4. The number of rotatable bonds is 7. The molecule has 194 valence electrons. The van der Waals surface area contributed by atoms with Crippen molar-refractivity contribution in [3.63, 3.8) is 0 Å².